The van der Waals surface area contributed by atoms with Crippen molar-refractivity contribution in [3.05, 3.63) is 169 Å². The number of rotatable bonds is 11. The lowest BCUT2D eigenvalue weighted by Crippen LogP contribution is -2.13. The smallest absolute Gasteiger partial charge is 0.0496 e. The average Bonchev–Trinajstić information content (AvgIpc) is 3.13. The molecule has 0 bridgehead atoms. The van der Waals surface area contributed by atoms with E-state index >= 15 is 0 Å². The van der Waals surface area contributed by atoms with E-state index in [2.05, 4.69) is 195 Å². The highest BCUT2D eigenvalue weighted by molar-refractivity contribution is 5.82. The fraction of sp³-hybridized carbons (Fsp3) is 0.182. The summed E-state index contributed by atoms with van der Waals surface area (Å²) in [5.74, 6) is 0.931. The second kappa shape index (κ2) is 14.3. The molecule has 2 atom stereocenters. The SMILES string of the molecule is CCC(C)c1ccccc1N(c1ccccc1)c1ccc(-c2ccc(N(c3ccccc3)c3ccccc3C(C)CC)cc2)cc1. The van der Waals surface area contributed by atoms with Crippen LogP contribution in [0.2, 0.25) is 0 Å². The zero-order chi connectivity index (χ0) is 31.9. The van der Waals surface area contributed by atoms with Gasteiger partial charge < -0.3 is 9.80 Å². The van der Waals surface area contributed by atoms with Crippen molar-refractivity contribution in [1.29, 1.82) is 0 Å². The summed E-state index contributed by atoms with van der Waals surface area (Å²) < 4.78 is 0. The van der Waals surface area contributed by atoms with Crippen molar-refractivity contribution in [2.45, 2.75) is 52.4 Å². The van der Waals surface area contributed by atoms with E-state index in [1.54, 1.807) is 0 Å². The molecule has 0 amide bonds. The Labute approximate surface area is 275 Å². The minimum absolute atomic E-state index is 0.466. The Morgan fingerprint density at radius 1 is 0.370 bits per heavy atom. The standard InChI is InChI=1S/C44H44N2/c1-5-33(3)41-21-13-15-23-43(41)45(37-17-9-7-10-18-37)39-29-25-35(26-30-39)36-27-31-40(32-28-36)46(38-19-11-8-12-20-38)44-24-16-14-22-42(44)34(4)6-2/h7-34H,5-6H2,1-4H3. The van der Waals surface area contributed by atoms with Gasteiger partial charge in [-0.15, -0.1) is 0 Å². The first-order valence-electron chi connectivity index (χ1n) is 16.7. The van der Waals surface area contributed by atoms with E-state index in [4.69, 9.17) is 0 Å². The normalized spacial score (nSPS) is 12.3. The van der Waals surface area contributed by atoms with Crippen LogP contribution in [0.5, 0.6) is 0 Å². The molecular formula is C44H44N2. The van der Waals surface area contributed by atoms with Crippen molar-refractivity contribution < 1.29 is 0 Å². The second-order valence-electron chi connectivity index (χ2n) is 12.2. The topological polar surface area (TPSA) is 6.48 Å². The van der Waals surface area contributed by atoms with Crippen LogP contribution < -0.4 is 9.80 Å². The predicted molar refractivity (Wildman–Crippen MR) is 199 cm³/mol. The van der Waals surface area contributed by atoms with Crippen LogP contribution in [0.4, 0.5) is 34.1 Å². The van der Waals surface area contributed by atoms with Gasteiger partial charge in [0.2, 0.25) is 0 Å². The summed E-state index contributed by atoms with van der Waals surface area (Å²) in [6, 6.07) is 57.0. The summed E-state index contributed by atoms with van der Waals surface area (Å²) in [4.78, 5) is 4.78. The molecule has 0 N–H and O–H groups in total. The van der Waals surface area contributed by atoms with Gasteiger partial charge in [0.05, 0.1) is 0 Å². The molecule has 0 aliphatic carbocycles. The lowest BCUT2D eigenvalue weighted by atomic mass is 9.95. The highest BCUT2D eigenvalue weighted by Crippen LogP contribution is 2.42. The van der Waals surface area contributed by atoms with E-state index in [1.165, 1.54) is 33.6 Å². The minimum atomic E-state index is 0.466. The number of hydrogen-bond donors (Lipinski definition) is 0. The predicted octanol–water partition coefficient (Wildman–Crippen LogP) is 13.3. The fourth-order valence-corrected chi connectivity index (χ4v) is 6.27. The summed E-state index contributed by atoms with van der Waals surface area (Å²) in [5.41, 5.74) is 12.2. The molecular weight excluding hydrogens is 556 g/mol. The maximum absolute atomic E-state index is 2.39. The molecule has 2 nitrogen and oxygen atoms in total. The largest absolute Gasteiger partial charge is 0.310 e. The highest BCUT2D eigenvalue weighted by atomic mass is 15.1. The maximum atomic E-state index is 2.39. The number of para-hydroxylation sites is 4. The number of benzene rings is 6. The molecule has 0 aliphatic heterocycles. The summed E-state index contributed by atoms with van der Waals surface area (Å²) in [5, 5.41) is 0. The zero-order valence-electron chi connectivity index (χ0n) is 27.5. The van der Waals surface area contributed by atoms with Gasteiger partial charge in [-0.2, -0.15) is 0 Å². The van der Waals surface area contributed by atoms with Gasteiger partial charge in [0.15, 0.2) is 0 Å². The number of nitrogens with zero attached hydrogens (tertiary/aromatic N) is 2. The van der Waals surface area contributed by atoms with Gasteiger partial charge in [-0.3, -0.25) is 0 Å². The third kappa shape index (κ3) is 6.48. The van der Waals surface area contributed by atoms with Gasteiger partial charge in [-0.25, -0.2) is 0 Å². The molecule has 0 saturated heterocycles. The van der Waals surface area contributed by atoms with Crippen molar-refractivity contribution in [3.8, 4) is 11.1 Å². The molecule has 46 heavy (non-hydrogen) atoms. The van der Waals surface area contributed by atoms with Gasteiger partial charge in [0, 0.05) is 34.1 Å². The van der Waals surface area contributed by atoms with Crippen LogP contribution in [0.3, 0.4) is 0 Å². The molecule has 230 valence electrons. The van der Waals surface area contributed by atoms with Crippen LogP contribution in [0.25, 0.3) is 11.1 Å². The van der Waals surface area contributed by atoms with Crippen LogP contribution >= 0.6 is 0 Å². The molecule has 6 aromatic rings. The number of anilines is 6. The Morgan fingerprint density at radius 3 is 1.02 bits per heavy atom. The maximum Gasteiger partial charge on any atom is 0.0496 e. The van der Waals surface area contributed by atoms with Crippen LogP contribution in [0.1, 0.15) is 63.5 Å². The molecule has 2 unspecified atom stereocenters. The Morgan fingerprint density at radius 2 is 0.674 bits per heavy atom. The summed E-state index contributed by atoms with van der Waals surface area (Å²) in [6.07, 6.45) is 2.19. The molecule has 0 spiro atoms. The quantitative estimate of drug-likeness (QED) is 0.146. The van der Waals surface area contributed by atoms with E-state index in [-0.39, 0.29) is 0 Å². The van der Waals surface area contributed by atoms with E-state index in [1.807, 2.05) is 0 Å². The lowest BCUT2D eigenvalue weighted by molar-refractivity contribution is 0.733. The molecule has 6 rings (SSSR count). The van der Waals surface area contributed by atoms with Crippen LogP contribution in [0, 0.1) is 0 Å². The van der Waals surface area contributed by atoms with Crippen molar-refractivity contribution in [2.24, 2.45) is 0 Å². The van der Waals surface area contributed by atoms with Crippen molar-refractivity contribution in [1.82, 2.24) is 0 Å². The fourth-order valence-electron chi connectivity index (χ4n) is 6.27. The molecule has 2 heteroatoms. The Hall–Kier alpha value is -5.08. The van der Waals surface area contributed by atoms with Crippen LogP contribution in [0.15, 0.2) is 158 Å². The minimum Gasteiger partial charge on any atom is -0.310 e. The van der Waals surface area contributed by atoms with Gasteiger partial charge in [0.25, 0.3) is 0 Å². The van der Waals surface area contributed by atoms with Gasteiger partial charge >= 0.3 is 0 Å². The molecule has 0 saturated carbocycles. The first-order chi connectivity index (χ1) is 22.6. The van der Waals surface area contributed by atoms with E-state index in [9.17, 15) is 0 Å². The van der Waals surface area contributed by atoms with Gasteiger partial charge in [-0.1, -0.05) is 125 Å². The molecule has 0 radical (unpaired) electrons. The van der Waals surface area contributed by atoms with Crippen molar-refractivity contribution in [3.63, 3.8) is 0 Å². The molecule has 0 heterocycles. The molecule has 0 aliphatic rings. The molecule has 0 fully saturated rings. The first-order valence-corrected chi connectivity index (χ1v) is 16.7. The first kappa shape index (κ1) is 30.9. The third-order valence-corrected chi connectivity index (χ3v) is 9.26. The Kier molecular flexibility index (Phi) is 9.65. The zero-order valence-corrected chi connectivity index (χ0v) is 27.5. The van der Waals surface area contributed by atoms with Crippen LogP contribution in [-0.4, -0.2) is 0 Å². The van der Waals surface area contributed by atoms with Crippen molar-refractivity contribution >= 4 is 34.1 Å². The van der Waals surface area contributed by atoms with Gasteiger partial charge in [-0.05, 0) is 108 Å². The van der Waals surface area contributed by atoms with Crippen molar-refractivity contribution in [2.75, 3.05) is 9.80 Å². The summed E-state index contributed by atoms with van der Waals surface area (Å²) in [7, 11) is 0. The average molecular weight is 601 g/mol. The summed E-state index contributed by atoms with van der Waals surface area (Å²) >= 11 is 0. The Bertz CT molecular complexity index is 1690. The third-order valence-electron chi connectivity index (χ3n) is 9.26. The van der Waals surface area contributed by atoms with E-state index < -0.39 is 0 Å². The molecule has 6 aromatic carbocycles. The Balaban J connectivity index is 1.35. The van der Waals surface area contributed by atoms with E-state index in [0.29, 0.717) is 11.8 Å². The lowest BCUT2D eigenvalue weighted by Gasteiger charge is -2.29. The summed E-state index contributed by atoms with van der Waals surface area (Å²) in [6.45, 7) is 9.16. The monoisotopic (exact) mass is 600 g/mol. The van der Waals surface area contributed by atoms with E-state index in [0.717, 1.165) is 35.6 Å². The van der Waals surface area contributed by atoms with Gasteiger partial charge in [0.1, 0.15) is 0 Å². The highest BCUT2D eigenvalue weighted by Gasteiger charge is 2.20. The molecule has 0 aromatic heterocycles. The second-order valence-corrected chi connectivity index (χ2v) is 12.2. The number of hydrogen-bond acceptors (Lipinski definition) is 2. The van der Waals surface area contributed by atoms with Crippen LogP contribution in [-0.2, 0) is 0 Å².